The fourth-order valence-corrected chi connectivity index (χ4v) is 4.48. The number of ether oxygens (including phenoxy) is 1. The third kappa shape index (κ3) is 3.97. The summed E-state index contributed by atoms with van der Waals surface area (Å²) in [6.07, 6.45) is 0.983. The van der Waals surface area contributed by atoms with Gasteiger partial charge in [0.2, 0.25) is 0 Å². The molecule has 0 aliphatic rings. The largest absolute Gasteiger partial charge is 0.383 e. The van der Waals surface area contributed by atoms with Crippen molar-refractivity contribution in [2.45, 2.75) is 11.4 Å². The van der Waals surface area contributed by atoms with Crippen LogP contribution in [0.3, 0.4) is 0 Å². The van der Waals surface area contributed by atoms with E-state index in [2.05, 4.69) is 9.97 Å². The van der Waals surface area contributed by atoms with Crippen LogP contribution in [0.15, 0.2) is 49.7 Å². The second-order valence-corrected chi connectivity index (χ2v) is 8.52. The van der Waals surface area contributed by atoms with Crippen molar-refractivity contribution in [1.82, 2.24) is 23.4 Å². The molecule has 0 aliphatic carbocycles. The molecule has 0 unspecified atom stereocenters. The van der Waals surface area contributed by atoms with Gasteiger partial charge in [-0.15, -0.1) is 0 Å². The molecule has 0 atom stereocenters. The first-order chi connectivity index (χ1) is 14.2. The molecule has 2 heterocycles. The Morgan fingerprint density at radius 3 is 2.57 bits per heavy atom. The smallest absolute Gasteiger partial charge is 0.330 e. The molecule has 2 aromatic heterocycles. The van der Waals surface area contributed by atoms with Gasteiger partial charge < -0.3 is 14.3 Å². The number of H-pyrrole nitrogens is 1. The molecule has 0 aliphatic heterocycles. The van der Waals surface area contributed by atoms with Crippen molar-refractivity contribution in [3.8, 4) is 0 Å². The van der Waals surface area contributed by atoms with Gasteiger partial charge in [-0.25, -0.2) is 18.2 Å². The van der Waals surface area contributed by atoms with E-state index in [1.54, 1.807) is 24.3 Å². The molecule has 0 saturated heterocycles. The number of methoxy groups -OCH3 is 1. The summed E-state index contributed by atoms with van der Waals surface area (Å²) in [6.45, 7) is -0.345. The fraction of sp³-hybridized carbons (Fsp3) is 0.333. The van der Waals surface area contributed by atoms with Gasteiger partial charge in [0.05, 0.1) is 24.1 Å². The minimum atomic E-state index is -4.33. The number of hydrogen-bond acceptors (Lipinski definition) is 7. The molecule has 12 heteroatoms. The van der Waals surface area contributed by atoms with Crippen LogP contribution in [0.4, 0.5) is 0 Å². The number of aromatic nitrogens is 4. The summed E-state index contributed by atoms with van der Waals surface area (Å²) < 4.78 is 34.2. The van der Waals surface area contributed by atoms with Crippen molar-refractivity contribution < 1.29 is 13.2 Å². The number of para-hydroxylation sites is 1. The molecule has 0 fully saturated rings. The number of rotatable bonds is 7. The van der Waals surface area contributed by atoms with Crippen molar-refractivity contribution in [2.75, 3.05) is 20.3 Å². The predicted octanol–water partition coefficient (Wildman–Crippen LogP) is -0.842. The van der Waals surface area contributed by atoms with Crippen LogP contribution in [0.5, 0.6) is 0 Å². The molecule has 3 rings (SSSR count). The van der Waals surface area contributed by atoms with Gasteiger partial charge in [-0.05, 0) is 12.1 Å². The maximum atomic E-state index is 13.2. The van der Waals surface area contributed by atoms with Crippen LogP contribution < -0.4 is 16.8 Å². The first kappa shape index (κ1) is 21.6. The Balaban J connectivity index is 2.10. The summed E-state index contributed by atoms with van der Waals surface area (Å²) in [4.78, 5) is 43.0. The van der Waals surface area contributed by atoms with Gasteiger partial charge >= 0.3 is 5.69 Å². The Bertz CT molecular complexity index is 1370. The molecule has 0 amide bonds. The topological polar surface area (TPSA) is 136 Å². The Hall–Kier alpha value is -3.09. The molecule has 30 heavy (non-hydrogen) atoms. The Morgan fingerprint density at radius 1 is 1.17 bits per heavy atom. The summed E-state index contributed by atoms with van der Waals surface area (Å²) in [6, 6.07) is 6.67. The van der Waals surface area contributed by atoms with E-state index in [9.17, 15) is 22.8 Å². The van der Waals surface area contributed by atoms with Gasteiger partial charge in [0, 0.05) is 33.9 Å². The highest BCUT2D eigenvalue weighted by Gasteiger charge is 2.29. The number of nitrogens with zero attached hydrogens (tertiary/aromatic N) is 4. The number of benzene rings is 1. The minimum absolute atomic E-state index is 0.0448. The highest BCUT2D eigenvalue weighted by molar-refractivity contribution is 7.89. The zero-order valence-electron chi connectivity index (χ0n) is 16.7. The van der Waals surface area contributed by atoms with E-state index in [1.807, 2.05) is 0 Å². The summed E-state index contributed by atoms with van der Waals surface area (Å²) >= 11 is 0. The van der Waals surface area contributed by atoms with Gasteiger partial charge in [0.1, 0.15) is 5.82 Å². The first-order valence-corrected chi connectivity index (χ1v) is 10.3. The maximum Gasteiger partial charge on any atom is 0.330 e. The Morgan fingerprint density at radius 2 is 1.87 bits per heavy atom. The minimum Gasteiger partial charge on any atom is -0.383 e. The van der Waals surface area contributed by atoms with E-state index in [0.717, 1.165) is 19.6 Å². The first-order valence-electron chi connectivity index (χ1n) is 8.90. The summed E-state index contributed by atoms with van der Waals surface area (Å²) in [5.74, 6) is 0.111. The van der Waals surface area contributed by atoms with E-state index >= 15 is 0 Å². The van der Waals surface area contributed by atoms with Crippen LogP contribution in [0.1, 0.15) is 5.82 Å². The molecule has 0 radical (unpaired) electrons. The highest BCUT2D eigenvalue weighted by Crippen LogP contribution is 2.14. The lowest BCUT2D eigenvalue weighted by Gasteiger charge is -2.21. The number of aromatic amines is 1. The van der Waals surface area contributed by atoms with E-state index in [-0.39, 0.29) is 25.5 Å². The van der Waals surface area contributed by atoms with E-state index in [0.29, 0.717) is 10.9 Å². The zero-order chi connectivity index (χ0) is 22.1. The van der Waals surface area contributed by atoms with Gasteiger partial charge in [0.15, 0.2) is 4.90 Å². The van der Waals surface area contributed by atoms with Crippen LogP contribution in [-0.4, -0.2) is 52.1 Å². The van der Waals surface area contributed by atoms with Gasteiger partial charge in [-0.3, -0.25) is 14.2 Å². The number of hydrogen-bond donors (Lipinski definition) is 1. The second kappa shape index (κ2) is 8.34. The van der Waals surface area contributed by atoms with Crippen LogP contribution in [-0.2, 0) is 35.4 Å². The Kier molecular flexibility index (Phi) is 6.01. The maximum absolute atomic E-state index is 13.2. The molecule has 160 valence electrons. The van der Waals surface area contributed by atoms with Gasteiger partial charge in [0.25, 0.3) is 21.1 Å². The zero-order valence-corrected chi connectivity index (χ0v) is 17.5. The lowest BCUT2D eigenvalue weighted by atomic mass is 10.2. The molecule has 1 N–H and O–H groups in total. The molecule has 11 nitrogen and oxygen atoms in total. The summed E-state index contributed by atoms with van der Waals surface area (Å²) in [5, 5.41) is 0.375. The van der Waals surface area contributed by atoms with Crippen molar-refractivity contribution >= 4 is 20.9 Å². The molecule has 1 aromatic carbocycles. The molecular weight excluding hydrogens is 414 g/mol. The normalized spacial score (nSPS) is 12.0. The highest BCUT2D eigenvalue weighted by atomic mass is 32.2. The third-order valence-electron chi connectivity index (χ3n) is 4.57. The van der Waals surface area contributed by atoms with Crippen LogP contribution >= 0.6 is 0 Å². The van der Waals surface area contributed by atoms with E-state index in [1.165, 1.54) is 21.2 Å². The van der Waals surface area contributed by atoms with E-state index < -0.39 is 31.7 Å². The SMILES string of the molecule is COCCN(Cc1nc2ccccc2c(=O)[nH]1)S(=O)(=O)c1cn(C)c(=O)n(C)c1=O. The molecule has 0 spiro atoms. The third-order valence-corrected chi connectivity index (χ3v) is 6.39. The molecule has 3 aromatic rings. The number of aryl methyl sites for hydroxylation is 1. The van der Waals surface area contributed by atoms with Crippen molar-refractivity contribution in [3.63, 3.8) is 0 Å². The van der Waals surface area contributed by atoms with E-state index in [4.69, 9.17) is 4.74 Å². The van der Waals surface area contributed by atoms with Crippen LogP contribution in [0.25, 0.3) is 10.9 Å². The van der Waals surface area contributed by atoms with Crippen molar-refractivity contribution in [1.29, 1.82) is 0 Å². The van der Waals surface area contributed by atoms with Crippen LogP contribution in [0, 0.1) is 0 Å². The summed E-state index contributed by atoms with van der Waals surface area (Å²) in [5.41, 5.74) is -1.58. The number of sulfonamides is 1. The lowest BCUT2D eigenvalue weighted by molar-refractivity contribution is 0.176. The van der Waals surface area contributed by atoms with Crippen molar-refractivity contribution in [2.24, 2.45) is 14.1 Å². The average molecular weight is 435 g/mol. The predicted molar refractivity (Wildman–Crippen MR) is 109 cm³/mol. The van der Waals surface area contributed by atoms with Gasteiger partial charge in [-0.2, -0.15) is 4.31 Å². The number of fused-ring (bicyclic) bond motifs is 1. The molecule has 0 bridgehead atoms. The quantitative estimate of drug-likeness (QED) is 0.511. The van der Waals surface area contributed by atoms with Crippen LogP contribution in [0.2, 0.25) is 0 Å². The second-order valence-electron chi connectivity index (χ2n) is 6.61. The van der Waals surface area contributed by atoms with Gasteiger partial charge in [-0.1, -0.05) is 12.1 Å². The van der Waals surface area contributed by atoms with Crippen molar-refractivity contribution in [3.05, 3.63) is 67.5 Å². The summed E-state index contributed by atoms with van der Waals surface area (Å²) in [7, 11) is -0.373. The monoisotopic (exact) mass is 435 g/mol. The number of nitrogens with one attached hydrogen (secondary N) is 1. The molecule has 0 saturated carbocycles. The lowest BCUT2D eigenvalue weighted by Crippen LogP contribution is -2.43. The fourth-order valence-electron chi connectivity index (χ4n) is 2.95. The molecular formula is C18H21N5O6S. The average Bonchev–Trinajstić information content (AvgIpc) is 2.72. The Labute approximate surface area is 171 Å². The standard InChI is InChI=1S/C18H21N5O6S/c1-21-10-14(17(25)22(2)18(21)26)30(27,28)23(8-9-29-3)11-15-19-13-7-5-4-6-12(13)16(24)20-15/h4-7,10H,8-9,11H2,1-3H3,(H,19,20,24).